The van der Waals surface area contributed by atoms with Crippen molar-refractivity contribution in [1.82, 2.24) is 20.4 Å². The Kier molecular flexibility index (Phi) is 4.49. The molecule has 0 aliphatic rings. The van der Waals surface area contributed by atoms with E-state index in [-0.39, 0.29) is 11.8 Å². The summed E-state index contributed by atoms with van der Waals surface area (Å²) in [6, 6.07) is 8.98. The summed E-state index contributed by atoms with van der Waals surface area (Å²) in [6.45, 7) is 2.27. The maximum absolute atomic E-state index is 11.8. The number of hydrogen-bond donors (Lipinski definition) is 2. The van der Waals surface area contributed by atoms with E-state index >= 15 is 0 Å². The second kappa shape index (κ2) is 6.51. The van der Waals surface area contributed by atoms with Crippen molar-refractivity contribution in [1.29, 1.82) is 0 Å². The van der Waals surface area contributed by atoms with E-state index in [0.717, 1.165) is 5.69 Å². The van der Waals surface area contributed by atoms with E-state index in [0.29, 0.717) is 18.7 Å². The molecule has 0 bridgehead atoms. The molecule has 1 aromatic carbocycles. The number of carbonyl (C=O) groups is 2. The van der Waals surface area contributed by atoms with Gasteiger partial charge < -0.3 is 10.6 Å². The quantitative estimate of drug-likeness (QED) is 0.788. The topological polar surface area (TPSA) is 76.0 Å². The second-order valence-corrected chi connectivity index (χ2v) is 4.24. The number of carbonyl (C=O) groups excluding carboxylic acids is 2. The molecule has 0 fully saturated rings. The molecule has 6 nitrogen and oxygen atoms in total. The predicted molar refractivity (Wildman–Crippen MR) is 74.6 cm³/mol. The smallest absolute Gasteiger partial charge is 0.251 e. The summed E-state index contributed by atoms with van der Waals surface area (Å²) >= 11 is 0. The maximum atomic E-state index is 11.8. The Morgan fingerprint density at radius 3 is 2.45 bits per heavy atom. The van der Waals surface area contributed by atoms with Crippen LogP contribution in [-0.2, 0) is 4.79 Å². The number of hydrogen-bond acceptors (Lipinski definition) is 3. The van der Waals surface area contributed by atoms with Crippen LogP contribution in [-0.4, -0.2) is 34.7 Å². The lowest BCUT2D eigenvalue weighted by atomic mass is 10.2. The largest absolute Gasteiger partial charge is 0.355 e. The van der Waals surface area contributed by atoms with Gasteiger partial charge in [-0.15, -0.1) is 0 Å². The van der Waals surface area contributed by atoms with Gasteiger partial charge in [-0.25, -0.2) is 4.68 Å². The monoisotopic (exact) mass is 272 g/mol. The SMILES string of the molecule is CC(=O)NCCNC(=O)c1ccc(-n2cccn2)cc1. The standard InChI is InChI=1S/C14H16N4O2/c1-11(19)15-8-9-16-14(20)12-3-5-13(6-4-12)18-10-2-7-17-18/h2-7,10H,8-9H2,1H3,(H,15,19)(H,16,20). The molecule has 0 atom stereocenters. The van der Waals surface area contributed by atoms with E-state index in [1.807, 2.05) is 24.4 Å². The molecule has 2 amide bonds. The Morgan fingerprint density at radius 2 is 1.85 bits per heavy atom. The van der Waals surface area contributed by atoms with Gasteiger partial charge in [0.2, 0.25) is 5.91 Å². The van der Waals surface area contributed by atoms with Gasteiger partial charge in [0.1, 0.15) is 0 Å². The van der Waals surface area contributed by atoms with Crippen LogP contribution in [0, 0.1) is 0 Å². The fraction of sp³-hybridized carbons (Fsp3) is 0.214. The van der Waals surface area contributed by atoms with Crippen LogP contribution in [0.1, 0.15) is 17.3 Å². The van der Waals surface area contributed by atoms with Gasteiger partial charge in [-0.05, 0) is 30.3 Å². The zero-order valence-electron chi connectivity index (χ0n) is 11.2. The van der Waals surface area contributed by atoms with Crippen molar-refractivity contribution in [3.05, 3.63) is 48.3 Å². The highest BCUT2D eigenvalue weighted by molar-refractivity contribution is 5.94. The van der Waals surface area contributed by atoms with Crippen LogP contribution in [0.3, 0.4) is 0 Å². The number of nitrogens with zero attached hydrogens (tertiary/aromatic N) is 2. The summed E-state index contributed by atoms with van der Waals surface area (Å²) in [5, 5.41) is 9.46. The first kappa shape index (κ1) is 13.8. The van der Waals surface area contributed by atoms with Gasteiger partial charge in [-0.3, -0.25) is 9.59 Å². The first-order chi connectivity index (χ1) is 9.66. The molecule has 6 heteroatoms. The summed E-state index contributed by atoms with van der Waals surface area (Å²) < 4.78 is 1.72. The van der Waals surface area contributed by atoms with Crippen LogP contribution in [0.25, 0.3) is 5.69 Å². The van der Waals surface area contributed by atoms with Crippen molar-refractivity contribution in [2.75, 3.05) is 13.1 Å². The lowest BCUT2D eigenvalue weighted by molar-refractivity contribution is -0.118. The molecular weight excluding hydrogens is 256 g/mol. The van der Waals surface area contributed by atoms with Gasteiger partial charge in [0.05, 0.1) is 5.69 Å². The Balaban J connectivity index is 1.89. The van der Waals surface area contributed by atoms with Gasteiger partial charge in [0.25, 0.3) is 5.91 Å². The van der Waals surface area contributed by atoms with E-state index in [1.54, 1.807) is 23.0 Å². The Bertz CT molecular complexity index is 576. The molecule has 0 spiro atoms. The van der Waals surface area contributed by atoms with Crippen LogP contribution in [0.5, 0.6) is 0 Å². The molecule has 0 saturated carbocycles. The minimum absolute atomic E-state index is 0.108. The lowest BCUT2D eigenvalue weighted by Crippen LogP contribution is -2.33. The van der Waals surface area contributed by atoms with Crippen LogP contribution >= 0.6 is 0 Å². The first-order valence-electron chi connectivity index (χ1n) is 6.29. The van der Waals surface area contributed by atoms with Gasteiger partial charge in [-0.2, -0.15) is 5.10 Å². The highest BCUT2D eigenvalue weighted by Gasteiger charge is 2.05. The molecule has 2 N–H and O–H groups in total. The zero-order valence-corrected chi connectivity index (χ0v) is 11.2. The molecular formula is C14H16N4O2. The molecule has 1 aromatic heterocycles. The third-order valence-electron chi connectivity index (χ3n) is 2.68. The average Bonchev–Trinajstić information content (AvgIpc) is 2.97. The molecule has 0 radical (unpaired) electrons. The summed E-state index contributed by atoms with van der Waals surface area (Å²) in [7, 11) is 0. The molecule has 2 aromatic rings. The molecule has 1 heterocycles. The Morgan fingerprint density at radius 1 is 1.15 bits per heavy atom. The lowest BCUT2D eigenvalue weighted by Gasteiger charge is -2.06. The van der Waals surface area contributed by atoms with E-state index in [9.17, 15) is 9.59 Å². The minimum atomic E-state index is -0.164. The molecule has 0 saturated heterocycles. The van der Waals surface area contributed by atoms with Crippen LogP contribution in [0.2, 0.25) is 0 Å². The Hall–Kier alpha value is -2.63. The van der Waals surface area contributed by atoms with E-state index in [4.69, 9.17) is 0 Å². The number of aromatic nitrogens is 2. The molecule has 0 aliphatic heterocycles. The summed E-state index contributed by atoms with van der Waals surface area (Å²) in [5.74, 6) is -0.273. The van der Waals surface area contributed by atoms with Crippen molar-refractivity contribution in [2.24, 2.45) is 0 Å². The van der Waals surface area contributed by atoms with Crippen LogP contribution in [0.4, 0.5) is 0 Å². The molecule has 2 rings (SSSR count). The molecule has 104 valence electrons. The summed E-state index contributed by atoms with van der Waals surface area (Å²) in [4.78, 5) is 22.5. The highest BCUT2D eigenvalue weighted by Crippen LogP contribution is 2.08. The summed E-state index contributed by atoms with van der Waals surface area (Å²) in [5.41, 5.74) is 1.47. The van der Waals surface area contributed by atoms with E-state index in [2.05, 4.69) is 15.7 Å². The van der Waals surface area contributed by atoms with Crippen molar-refractivity contribution in [3.63, 3.8) is 0 Å². The fourth-order valence-corrected chi connectivity index (χ4v) is 1.70. The number of amides is 2. The highest BCUT2D eigenvalue weighted by atomic mass is 16.2. The zero-order chi connectivity index (χ0) is 14.4. The van der Waals surface area contributed by atoms with Gasteiger partial charge in [0.15, 0.2) is 0 Å². The average molecular weight is 272 g/mol. The van der Waals surface area contributed by atoms with Crippen LogP contribution in [0.15, 0.2) is 42.7 Å². The number of benzene rings is 1. The predicted octanol–water partition coefficient (Wildman–Crippen LogP) is 0.738. The molecule has 0 unspecified atom stereocenters. The molecule has 0 aliphatic carbocycles. The second-order valence-electron chi connectivity index (χ2n) is 4.24. The van der Waals surface area contributed by atoms with Crippen molar-refractivity contribution in [3.8, 4) is 5.69 Å². The van der Waals surface area contributed by atoms with Gasteiger partial charge in [0, 0.05) is 38.0 Å². The maximum Gasteiger partial charge on any atom is 0.251 e. The minimum Gasteiger partial charge on any atom is -0.355 e. The third kappa shape index (κ3) is 3.68. The van der Waals surface area contributed by atoms with E-state index < -0.39 is 0 Å². The van der Waals surface area contributed by atoms with E-state index in [1.165, 1.54) is 6.92 Å². The van der Waals surface area contributed by atoms with Crippen molar-refractivity contribution >= 4 is 11.8 Å². The van der Waals surface area contributed by atoms with Gasteiger partial charge >= 0.3 is 0 Å². The number of nitrogens with one attached hydrogen (secondary N) is 2. The first-order valence-corrected chi connectivity index (χ1v) is 6.29. The Labute approximate surface area is 116 Å². The fourth-order valence-electron chi connectivity index (χ4n) is 1.70. The number of rotatable bonds is 5. The van der Waals surface area contributed by atoms with Gasteiger partial charge in [-0.1, -0.05) is 0 Å². The third-order valence-corrected chi connectivity index (χ3v) is 2.68. The van der Waals surface area contributed by atoms with Crippen molar-refractivity contribution < 1.29 is 9.59 Å². The normalized spacial score (nSPS) is 10.1. The summed E-state index contributed by atoms with van der Waals surface area (Å²) in [6.07, 6.45) is 3.53. The van der Waals surface area contributed by atoms with Crippen LogP contribution < -0.4 is 10.6 Å². The molecule has 20 heavy (non-hydrogen) atoms. The van der Waals surface area contributed by atoms with Crippen molar-refractivity contribution in [2.45, 2.75) is 6.92 Å².